The van der Waals surface area contributed by atoms with Crippen molar-refractivity contribution in [2.75, 3.05) is 18.6 Å². The van der Waals surface area contributed by atoms with E-state index in [9.17, 15) is 22.8 Å². The number of ether oxygens (including phenoxy) is 1. The summed E-state index contributed by atoms with van der Waals surface area (Å²) in [5.74, 6) is -1.18. The van der Waals surface area contributed by atoms with Crippen LogP contribution in [0, 0.1) is 0 Å². The number of nitrogens with one attached hydrogen (secondary N) is 1. The van der Waals surface area contributed by atoms with E-state index in [1.165, 1.54) is 11.9 Å². The van der Waals surface area contributed by atoms with Crippen LogP contribution in [0.4, 0.5) is 18.9 Å². The molecule has 3 heterocycles. The van der Waals surface area contributed by atoms with Gasteiger partial charge in [0.1, 0.15) is 18.4 Å². The molecule has 11 heteroatoms. The Morgan fingerprint density at radius 2 is 1.97 bits per heavy atom. The summed E-state index contributed by atoms with van der Waals surface area (Å²) < 4.78 is 45.5. The standard InChI is InChI=1S/C18H14F3N5O3/c1-25-12-4-2-3-5-13(12)29-9-11(17(25)28)22-16(27)15-24-23-14-7-6-10(8-26(14)15)18(19,20)21/h2-8,11H,9H2,1H3,(H,22,27). The zero-order valence-electron chi connectivity index (χ0n) is 15.0. The first kappa shape index (κ1) is 18.7. The lowest BCUT2D eigenvalue weighted by Gasteiger charge is -2.20. The number of hydrogen-bond donors (Lipinski definition) is 1. The van der Waals surface area contributed by atoms with E-state index >= 15 is 0 Å². The maximum absolute atomic E-state index is 13.0. The topological polar surface area (TPSA) is 88.8 Å². The predicted molar refractivity (Wildman–Crippen MR) is 94.6 cm³/mol. The number of nitrogens with zero attached hydrogens (tertiary/aromatic N) is 4. The lowest BCUT2D eigenvalue weighted by molar-refractivity contribution is -0.137. The normalized spacial score (nSPS) is 16.9. The molecule has 1 aliphatic rings. The summed E-state index contributed by atoms with van der Waals surface area (Å²) in [6.07, 6.45) is -3.86. The molecule has 2 aromatic heterocycles. The highest BCUT2D eigenvalue weighted by Crippen LogP contribution is 2.30. The Balaban J connectivity index is 1.61. The van der Waals surface area contributed by atoms with Crippen LogP contribution in [0.1, 0.15) is 16.2 Å². The number of carbonyl (C=O) groups excluding carboxylic acids is 2. The fourth-order valence-corrected chi connectivity index (χ4v) is 2.99. The van der Waals surface area contributed by atoms with E-state index in [1.807, 2.05) is 0 Å². The summed E-state index contributed by atoms with van der Waals surface area (Å²) in [6, 6.07) is 7.77. The van der Waals surface area contributed by atoms with Gasteiger partial charge >= 0.3 is 6.18 Å². The molecule has 0 bridgehead atoms. The van der Waals surface area contributed by atoms with Gasteiger partial charge in [-0.1, -0.05) is 12.1 Å². The molecule has 0 radical (unpaired) electrons. The SMILES string of the molecule is CN1C(=O)C(NC(=O)c2nnc3ccc(C(F)(F)F)cn23)COc2ccccc21. The maximum Gasteiger partial charge on any atom is 0.417 e. The Hall–Kier alpha value is -3.63. The smallest absolute Gasteiger partial charge is 0.417 e. The number of pyridine rings is 1. The molecule has 0 spiro atoms. The first-order valence-electron chi connectivity index (χ1n) is 8.48. The van der Waals surface area contributed by atoms with Crippen molar-refractivity contribution >= 4 is 23.1 Å². The number of fused-ring (bicyclic) bond motifs is 2. The molecular formula is C18H14F3N5O3. The highest BCUT2D eigenvalue weighted by atomic mass is 19.4. The molecule has 1 aromatic carbocycles. The number of anilines is 1. The molecule has 4 rings (SSSR count). The first-order valence-corrected chi connectivity index (χ1v) is 8.48. The Bertz CT molecular complexity index is 1110. The fourth-order valence-electron chi connectivity index (χ4n) is 2.99. The Kier molecular flexibility index (Phi) is 4.36. The van der Waals surface area contributed by atoms with Gasteiger partial charge in [-0.15, -0.1) is 10.2 Å². The van der Waals surface area contributed by atoms with Crippen LogP contribution >= 0.6 is 0 Å². The zero-order chi connectivity index (χ0) is 20.8. The van der Waals surface area contributed by atoms with Gasteiger partial charge in [-0.3, -0.25) is 14.0 Å². The average Bonchev–Trinajstić information content (AvgIpc) is 3.08. The van der Waals surface area contributed by atoms with Gasteiger partial charge < -0.3 is 15.0 Å². The van der Waals surface area contributed by atoms with Crippen molar-refractivity contribution in [3.8, 4) is 5.75 Å². The molecule has 3 aromatic rings. The van der Waals surface area contributed by atoms with E-state index in [0.29, 0.717) is 11.4 Å². The molecule has 150 valence electrons. The molecule has 2 amide bonds. The number of hydrogen-bond acceptors (Lipinski definition) is 5. The Labute approximate surface area is 161 Å². The second-order valence-electron chi connectivity index (χ2n) is 6.37. The van der Waals surface area contributed by atoms with Crippen molar-refractivity contribution in [3.05, 3.63) is 54.0 Å². The van der Waals surface area contributed by atoms with Gasteiger partial charge in [0.2, 0.25) is 5.82 Å². The van der Waals surface area contributed by atoms with Gasteiger partial charge in [-0.2, -0.15) is 13.2 Å². The number of carbonyl (C=O) groups is 2. The zero-order valence-corrected chi connectivity index (χ0v) is 15.0. The minimum absolute atomic E-state index is 0.0658. The third kappa shape index (κ3) is 3.35. The van der Waals surface area contributed by atoms with Crippen molar-refractivity contribution < 1.29 is 27.5 Å². The van der Waals surface area contributed by atoms with Crippen molar-refractivity contribution in [2.24, 2.45) is 0 Å². The van der Waals surface area contributed by atoms with Crippen LogP contribution < -0.4 is 15.0 Å². The lowest BCUT2D eigenvalue weighted by Crippen LogP contribution is -2.49. The van der Waals surface area contributed by atoms with Crippen LogP contribution in [0.2, 0.25) is 0 Å². The quantitative estimate of drug-likeness (QED) is 0.704. The molecule has 1 N–H and O–H groups in total. The number of likely N-dealkylation sites (N-methyl/N-ethyl adjacent to an activating group) is 1. The first-order chi connectivity index (χ1) is 13.8. The van der Waals surface area contributed by atoms with Gasteiger partial charge in [0.05, 0.1) is 11.3 Å². The summed E-state index contributed by atoms with van der Waals surface area (Å²) in [7, 11) is 1.54. The Morgan fingerprint density at radius 1 is 1.21 bits per heavy atom. The summed E-state index contributed by atoms with van der Waals surface area (Å²) in [5.41, 5.74) is -0.351. The molecule has 0 aliphatic carbocycles. The minimum Gasteiger partial charge on any atom is -0.489 e. The molecule has 0 fully saturated rings. The third-order valence-corrected chi connectivity index (χ3v) is 4.50. The molecule has 8 nitrogen and oxygen atoms in total. The molecule has 29 heavy (non-hydrogen) atoms. The molecule has 0 saturated carbocycles. The van der Waals surface area contributed by atoms with Crippen LogP contribution in [-0.4, -0.2) is 46.1 Å². The highest BCUT2D eigenvalue weighted by Gasteiger charge is 2.33. The van der Waals surface area contributed by atoms with Gasteiger partial charge in [0.15, 0.2) is 5.65 Å². The number of rotatable bonds is 2. The van der Waals surface area contributed by atoms with Crippen molar-refractivity contribution in [3.63, 3.8) is 0 Å². The van der Waals surface area contributed by atoms with Crippen LogP contribution in [0.3, 0.4) is 0 Å². The summed E-state index contributed by atoms with van der Waals surface area (Å²) >= 11 is 0. The van der Waals surface area contributed by atoms with E-state index < -0.39 is 29.6 Å². The van der Waals surface area contributed by atoms with Gasteiger partial charge in [-0.05, 0) is 24.3 Å². The molecule has 1 unspecified atom stereocenters. The number of alkyl halides is 3. The summed E-state index contributed by atoms with van der Waals surface area (Å²) in [5, 5.41) is 9.82. The molecular weight excluding hydrogens is 391 g/mol. The van der Waals surface area contributed by atoms with E-state index in [2.05, 4.69) is 15.5 Å². The maximum atomic E-state index is 13.0. The van der Waals surface area contributed by atoms with Crippen LogP contribution in [-0.2, 0) is 11.0 Å². The molecule has 0 saturated heterocycles. The number of halogens is 3. The minimum atomic E-state index is -4.59. The van der Waals surface area contributed by atoms with Crippen molar-refractivity contribution in [1.82, 2.24) is 19.9 Å². The second-order valence-corrected chi connectivity index (χ2v) is 6.37. The van der Waals surface area contributed by atoms with E-state index in [0.717, 1.165) is 22.7 Å². The van der Waals surface area contributed by atoms with Crippen molar-refractivity contribution in [1.29, 1.82) is 0 Å². The van der Waals surface area contributed by atoms with E-state index in [-0.39, 0.29) is 18.1 Å². The largest absolute Gasteiger partial charge is 0.489 e. The fraction of sp³-hybridized carbons (Fsp3) is 0.222. The van der Waals surface area contributed by atoms with Crippen LogP contribution in [0.15, 0.2) is 42.6 Å². The lowest BCUT2D eigenvalue weighted by atomic mass is 10.2. The van der Waals surface area contributed by atoms with Gasteiger partial charge in [0, 0.05) is 13.2 Å². The average molecular weight is 405 g/mol. The van der Waals surface area contributed by atoms with Gasteiger partial charge in [-0.25, -0.2) is 0 Å². The predicted octanol–water partition coefficient (Wildman–Crippen LogP) is 1.90. The van der Waals surface area contributed by atoms with Crippen LogP contribution in [0.25, 0.3) is 5.65 Å². The number of aromatic nitrogens is 3. The second kappa shape index (κ2) is 6.76. The Morgan fingerprint density at radius 3 is 2.72 bits per heavy atom. The van der Waals surface area contributed by atoms with Gasteiger partial charge in [0.25, 0.3) is 11.8 Å². The molecule has 1 atom stereocenters. The van der Waals surface area contributed by atoms with Crippen molar-refractivity contribution in [2.45, 2.75) is 12.2 Å². The summed E-state index contributed by atoms with van der Waals surface area (Å²) in [6.45, 7) is -0.142. The number of benzene rings is 1. The van der Waals surface area contributed by atoms with E-state index in [4.69, 9.17) is 4.74 Å². The highest BCUT2D eigenvalue weighted by molar-refractivity contribution is 6.02. The van der Waals surface area contributed by atoms with E-state index in [1.54, 1.807) is 24.3 Å². The summed E-state index contributed by atoms with van der Waals surface area (Å²) in [4.78, 5) is 26.7. The number of amides is 2. The van der Waals surface area contributed by atoms with Crippen LogP contribution in [0.5, 0.6) is 5.75 Å². The number of para-hydroxylation sites is 2. The molecule has 1 aliphatic heterocycles. The monoisotopic (exact) mass is 405 g/mol. The third-order valence-electron chi connectivity index (χ3n) is 4.50.